The number of carbonyl (C=O) groups is 2. The Balaban J connectivity index is 2.34. The first-order valence-electron chi connectivity index (χ1n) is 7.04. The van der Waals surface area contributed by atoms with Gasteiger partial charge in [-0.1, -0.05) is 6.58 Å². The number of esters is 2. The Morgan fingerprint density at radius 1 is 1.13 bits per heavy atom. The van der Waals surface area contributed by atoms with Crippen molar-refractivity contribution >= 4 is 29.4 Å². The fourth-order valence-corrected chi connectivity index (χ4v) is 2.65. The van der Waals surface area contributed by atoms with E-state index in [1.807, 2.05) is 0 Å². The second-order valence-corrected chi connectivity index (χ2v) is 5.17. The predicted octanol–water partition coefficient (Wildman–Crippen LogP) is 3.20. The monoisotopic (exact) mass is 332 g/mol. The zero-order valence-corrected chi connectivity index (χ0v) is 13.7. The number of aromatic nitrogens is 2. The van der Waals surface area contributed by atoms with Crippen LogP contribution in [-0.4, -0.2) is 35.1 Å². The van der Waals surface area contributed by atoms with Crippen molar-refractivity contribution in [2.75, 3.05) is 13.2 Å². The number of pyridine rings is 1. The molecule has 0 aliphatic heterocycles. The highest BCUT2D eigenvalue weighted by Gasteiger charge is 2.17. The van der Waals surface area contributed by atoms with E-state index in [1.54, 1.807) is 31.4 Å². The lowest BCUT2D eigenvalue weighted by molar-refractivity contribution is 0.0510. The molecule has 6 nitrogen and oxygen atoms in total. The molecular formula is C16H16N2O4S. The van der Waals surface area contributed by atoms with E-state index in [1.165, 1.54) is 17.4 Å². The number of rotatable bonds is 6. The van der Waals surface area contributed by atoms with E-state index >= 15 is 0 Å². The molecule has 0 N–H and O–H groups in total. The molecule has 0 saturated heterocycles. The Morgan fingerprint density at radius 2 is 1.78 bits per heavy atom. The van der Waals surface area contributed by atoms with Crippen LogP contribution < -0.4 is 0 Å². The highest BCUT2D eigenvalue weighted by atomic mass is 32.1. The first-order chi connectivity index (χ1) is 11.1. The molecule has 7 heteroatoms. The third-order valence-corrected chi connectivity index (χ3v) is 3.70. The smallest absolute Gasteiger partial charge is 0.357 e. The number of carbonyl (C=O) groups excluding carboxylic acids is 2. The summed E-state index contributed by atoms with van der Waals surface area (Å²) in [4.78, 5) is 31.9. The topological polar surface area (TPSA) is 78.4 Å². The average Bonchev–Trinajstić information content (AvgIpc) is 3.04. The summed E-state index contributed by atoms with van der Waals surface area (Å²) in [6.45, 7) is 7.74. The maximum atomic E-state index is 11.7. The standard InChI is InChI=1S/C16H16N2O4S/c1-4-11-10(7-8-12(17-11)15(19)21-5-2)14-18-13(9-23-14)16(20)22-6-3/h4,7-9H,1,5-6H2,2-3H3. The maximum Gasteiger partial charge on any atom is 0.357 e. The highest BCUT2D eigenvalue weighted by Crippen LogP contribution is 2.27. The summed E-state index contributed by atoms with van der Waals surface area (Å²) >= 11 is 1.29. The van der Waals surface area contributed by atoms with E-state index in [9.17, 15) is 9.59 Å². The molecule has 0 atom stereocenters. The molecule has 0 fully saturated rings. The van der Waals surface area contributed by atoms with Crippen molar-refractivity contribution in [3.63, 3.8) is 0 Å². The summed E-state index contributed by atoms with van der Waals surface area (Å²) in [6.07, 6.45) is 1.53. The molecule has 0 aromatic carbocycles. The zero-order chi connectivity index (χ0) is 16.8. The van der Waals surface area contributed by atoms with Gasteiger partial charge in [-0.3, -0.25) is 0 Å². The lowest BCUT2D eigenvalue weighted by Gasteiger charge is -2.05. The van der Waals surface area contributed by atoms with Crippen molar-refractivity contribution < 1.29 is 19.1 Å². The predicted molar refractivity (Wildman–Crippen MR) is 87.3 cm³/mol. The Bertz CT molecular complexity index is 739. The largest absolute Gasteiger partial charge is 0.461 e. The minimum atomic E-state index is -0.492. The summed E-state index contributed by atoms with van der Waals surface area (Å²) in [5.41, 5.74) is 1.64. The van der Waals surface area contributed by atoms with Gasteiger partial charge in [0.15, 0.2) is 5.69 Å². The van der Waals surface area contributed by atoms with Crippen molar-refractivity contribution in [2.45, 2.75) is 13.8 Å². The van der Waals surface area contributed by atoms with Crippen LogP contribution in [0.15, 0.2) is 24.1 Å². The Hall–Kier alpha value is -2.54. The quantitative estimate of drug-likeness (QED) is 0.756. The van der Waals surface area contributed by atoms with Gasteiger partial charge in [0.2, 0.25) is 0 Å². The molecule has 120 valence electrons. The third kappa shape index (κ3) is 3.81. The first kappa shape index (κ1) is 16.8. The van der Waals surface area contributed by atoms with E-state index in [-0.39, 0.29) is 18.0 Å². The van der Waals surface area contributed by atoms with Crippen LogP contribution >= 0.6 is 11.3 Å². The van der Waals surface area contributed by atoms with Crippen molar-refractivity contribution in [2.24, 2.45) is 0 Å². The summed E-state index contributed by atoms with van der Waals surface area (Å²) in [5, 5.41) is 2.23. The molecule has 0 aliphatic carbocycles. The lowest BCUT2D eigenvalue weighted by Crippen LogP contribution is -2.08. The van der Waals surface area contributed by atoms with E-state index < -0.39 is 11.9 Å². The van der Waals surface area contributed by atoms with Gasteiger partial charge in [0.05, 0.1) is 18.9 Å². The van der Waals surface area contributed by atoms with Gasteiger partial charge in [-0.2, -0.15) is 0 Å². The molecule has 2 aromatic heterocycles. The van der Waals surface area contributed by atoms with E-state index in [0.717, 1.165) is 0 Å². The molecule has 2 aromatic rings. The minimum absolute atomic E-state index is 0.202. The summed E-state index contributed by atoms with van der Waals surface area (Å²) < 4.78 is 9.84. The molecule has 0 amide bonds. The van der Waals surface area contributed by atoms with Crippen LogP contribution in [0.2, 0.25) is 0 Å². The molecule has 0 aliphatic rings. The number of hydrogen-bond donors (Lipinski definition) is 0. The van der Waals surface area contributed by atoms with Crippen molar-refractivity contribution in [1.82, 2.24) is 9.97 Å². The fourth-order valence-electron chi connectivity index (χ4n) is 1.83. The minimum Gasteiger partial charge on any atom is -0.461 e. The molecule has 0 saturated carbocycles. The normalized spacial score (nSPS) is 10.2. The number of hydrogen-bond acceptors (Lipinski definition) is 7. The SMILES string of the molecule is C=Cc1nc(C(=O)OCC)ccc1-c1nc(C(=O)OCC)cs1. The van der Waals surface area contributed by atoms with Gasteiger partial charge in [0.25, 0.3) is 0 Å². The summed E-state index contributed by atoms with van der Waals surface area (Å²) in [7, 11) is 0. The van der Waals surface area contributed by atoms with Crippen LogP contribution in [-0.2, 0) is 9.47 Å². The van der Waals surface area contributed by atoms with Gasteiger partial charge >= 0.3 is 11.9 Å². The Labute approximate surface area is 137 Å². The summed E-state index contributed by atoms with van der Waals surface area (Å²) in [6, 6.07) is 3.27. The van der Waals surface area contributed by atoms with Crippen molar-refractivity contribution in [1.29, 1.82) is 0 Å². The number of ether oxygens (including phenoxy) is 2. The van der Waals surface area contributed by atoms with Crippen LogP contribution in [0.4, 0.5) is 0 Å². The average molecular weight is 332 g/mol. The molecular weight excluding hydrogens is 316 g/mol. The highest BCUT2D eigenvalue weighted by molar-refractivity contribution is 7.13. The first-order valence-corrected chi connectivity index (χ1v) is 7.92. The third-order valence-electron chi connectivity index (χ3n) is 2.82. The van der Waals surface area contributed by atoms with Crippen LogP contribution in [0.5, 0.6) is 0 Å². The summed E-state index contributed by atoms with van der Waals surface area (Å²) in [5.74, 6) is -0.959. The van der Waals surface area contributed by atoms with Gasteiger partial charge < -0.3 is 9.47 Å². The van der Waals surface area contributed by atoms with Gasteiger partial charge in [-0.15, -0.1) is 11.3 Å². The van der Waals surface area contributed by atoms with Crippen molar-refractivity contribution in [3.8, 4) is 10.6 Å². The zero-order valence-electron chi connectivity index (χ0n) is 12.9. The van der Waals surface area contributed by atoms with E-state index in [4.69, 9.17) is 9.47 Å². The number of thiazole rings is 1. The molecule has 0 bridgehead atoms. The second kappa shape index (κ2) is 7.64. The van der Waals surface area contributed by atoms with E-state index in [0.29, 0.717) is 22.9 Å². The van der Waals surface area contributed by atoms with E-state index in [2.05, 4.69) is 16.5 Å². The van der Waals surface area contributed by atoms with Crippen LogP contribution in [0, 0.1) is 0 Å². The maximum absolute atomic E-state index is 11.7. The van der Waals surface area contributed by atoms with Crippen LogP contribution in [0.25, 0.3) is 16.6 Å². The molecule has 2 rings (SSSR count). The molecule has 2 heterocycles. The number of nitrogens with zero attached hydrogens (tertiary/aromatic N) is 2. The van der Waals surface area contributed by atoms with Gasteiger partial charge in [-0.25, -0.2) is 19.6 Å². The van der Waals surface area contributed by atoms with Crippen LogP contribution in [0.1, 0.15) is 40.5 Å². The molecule has 23 heavy (non-hydrogen) atoms. The Morgan fingerprint density at radius 3 is 2.39 bits per heavy atom. The second-order valence-electron chi connectivity index (χ2n) is 4.31. The molecule has 0 spiro atoms. The lowest BCUT2D eigenvalue weighted by atomic mass is 10.1. The molecule has 0 radical (unpaired) electrons. The molecule has 0 unspecified atom stereocenters. The fraction of sp³-hybridized carbons (Fsp3) is 0.250. The van der Waals surface area contributed by atoms with Crippen LogP contribution in [0.3, 0.4) is 0 Å². The van der Waals surface area contributed by atoms with Gasteiger partial charge in [0, 0.05) is 10.9 Å². The van der Waals surface area contributed by atoms with Crippen molar-refractivity contribution in [3.05, 3.63) is 41.2 Å². The Kier molecular flexibility index (Phi) is 5.59. The van der Waals surface area contributed by atoms with Gasteiger partial charge in [-0.05, 0) is 32.1 Å². The van der Waals surface area contributed by atoms with Gasteiger partial charge in [0.1, 0.15) is 10.7 Å².